The van der Waals surface area contributed by atoms with Crippen molar-refractivity contribution < 1.29 is 14.6 Å². The van der Waals surface area contributed by atoms with E-state index in [1.165, 1.54) is 0 Å². The Morgan fingerprint density at radius 2 is 2.07 bits per heavy atom. The summed E-state index contributed by atoms with van der Waals surface area (Å²) in [4.78, 5) is 2.24. The summed E-state index contributed by atoms with van der Waals surface area (Å²) in [6, 6.07) is 7.78. The van der Waals surface area contributed by atoms with E-state index in [1.807, 2.05) is 28.8 Å². The summed E-state index contributed by atoms with van der Waals surface area (Å²) in [7, 11) is 0. The molecule has 4 rings (SSSR count). The number of morpholine rings is 1. The van der Waals surface area contributed by atoms with Crippen molar-refractivity contribution >= 4 is 33.9 Å². The van der Waals surface area contributed by atoms with E-state index in [-0.39, 0.29) is 12.0 Å². The van der Waals surface area contributed by atoms with Crippen LogP contribution in [0.3, 0.4) is 0 Å². The molecule has 1 aromatic heterocycles. The fraction of sp³-hybridized carbons (Fsp3) is 0.526. The lowest BCUT2D eigenvalue weighted by Crippen LogP contribution is -2.37. The molecular weight excluding hydrogens is 378 g/mol. The van der Waals surface area contributed by atoms with Gasteiger partial charge >= 0.3 is 0 Å². The number of ether oxygens (including phenoxy) is 2. The third-order valence-corrected chi connectivity index (χ3v) is 5.33. The molecule has 28 heavy (non-hydrogen) atoms. The fourth-order valence-corrected chi connectivity index (χ4v) is 3.72. The number of nitrogens with one attached hydrogen (secondary N) is 1. The molecule has 0 aliphatic carbocycles. The van der Waals surface area contributed by atoms with Crippen LogP contribution in [0, 0.1) is 0 Å². The van der Waals surface area contributed by atoms with Crippen LogP contribution in [-0.2, 0) is 16.1 Å². The molecule has 0 radical (unpaired) electrons. The highest BCUT2D eigenvalue weighted by atomic mass is 32.1. The van der Waals surface area contributed by atoms with E-state index in [0.717, 1.165) is 43.4 Å². The molecule has 1 atom stereocenters. The van der Waals surface area contributed by atoms with Crippen LogP contribution in [0.25, 0.3) is 10.9 Å². The van der Waals surface area contributed by atoms with Gasteiger partial charge in [-0.3, -0.25) is 9.47 Å². The zero-order valence-electron chi connectivity index (χ0n) is 15.7. The monoisotopic (exact) mass is 403 g/mol. The van der Waals surface area contributed by atoms with Gasteiger partial charge in [0.05, 0.1) is 31.5 Å². The summed E-state index contributed by atoms with van der Waals surface area (Å²) in [6.07, 6.45) is 2.29. The van der Waals surface area contributed by atoms with Gasteiger partial charge in [-0.1, -0.05) is 18.2 Å². The summed E-state index contributed by atoms with van der Waals surface area (Å²) < 4.78 is 12.8. The summed E-state index contributed by atoms with van der Waals surface area (Å²) in [5.41, 5.74) is 1.35. The van der Waals surface area contributed by atoms with Crippen LogP contribution in [0.2, 0.25) is 0 Å². The van der Waals surface area contributed by atoms with Gasteiger partial charge in [-0.15, -0.1) is 10.2 Å². The van der Waals surface area contributed by atoms with E-state index in [1.54, 1.807) is 0 Å². The predicted molar refractivity (Wildman–Crippen MR) is 110 cm³/mol. The molecule has 2 aliphatic heterocycles. The number of aromatic hydroxyl groups is 1. The van der Waals surface area contributed by atoms with Gasteiger partial charge < -0.3 is 19.9 Å². The van der Waals surface area contributed by atoms with Gasteiger partial charge in [0.1, 0.15) is 0 Å². The summed E-state index contributed by atoms with van der Waals surface area (Å²) in [5.74, 6) is 0.0957. The first-order valence-corrected chi connectivity index (χ1v) is 10.0. The molecule has 2 aliphatic rings. The molecule has 2 N–H and O–H groups in total. The van der Waals surface area contributed by atoms with Crippen molar-refractivity contribution in [2.45, 2.75) is 25.6 Å². The number of aromatic nitrogens is 1. The second-order valence-electron chi connectivity index (χ2n) is 7.01. The average Bonchev–Trinajstić information content (AvgIpc) is 3.33. The first kappa shape index (κ1) is 19.3. The lowest BCUT2D eigenvalue weighted by molar-refractivity contribution is 0.0231. The number of nitrogens with zero attached hydrogens (tertiary/aromatic N) is 4. The Bertz CT molecular complexity index is 857. The third-order valence-electron chi connectivity index (χ3n) is 5.11. The molecule has 2 aromatic rings. The van der Waals surface area contributed by atoms with Crippen molar-refractivity contribution in [1.82, 2.24) is 14.8 Å². The predicted octanol–water partition coefficient (Wildman–Crippen LogP) is 2.77. The van der Waals surface area contributed by atoms with E-state index in [9.17, 15) is 5.11 Å². The smallest absolute Gasteiger partial charge is 0.221 e. The second kappa shape index (κ2) is 8.95. The Morgan fingerprint density at radius 1 is 1.25 bits per heavy atom. The fourth-order valence-electron chi connectivity index (χ4n) is 3.59. The van der Waals surface area contributed by atoms with Crippen molar-refractivity contribution in [3.05, 3.63) is 24.3 Å². The van der Waals surface area contributed by atoms with Gasteiger partial charge in [0.25, 0.3) is 0 Å². The number of thiocarbonyl (C=S) groups is 1. The van der Waals surface area contributed by atoms with Crippen LogP contribution in [-0.4, -0.2) is 65.2 Å². The summed E-state index contributed by atoms with van der Waals surface area (Å²) in [5, 5.41) is 23.4. The molecule has 0 bridgehead atoms. The SMILES string of the molecule is Oc1c(N=NC(=S)NC[C@H]2CCCO2)c2ccccc2n1CN1CCOCC1. The molecule has 8 nitrogen and oxygen atoms in total. The number of hydrogen-bond donors (Lipinski definition) is 2. The van der Waals surface area contributed by atoms with Gasteiger partial charge in [-0.05, 0) is 31.1 Å². The first-order valence-electron chi connectivity index (χ1n) is 9.64. The van der Waals surface area contributed by atoms with Crippen LogP contribution >= 0.6 is 12.2 Å². The Balaban J connectivity index is 1.51. The molecule has 0 unspecified atom stereocenters. The molecule has 3 heterocycles. The Hall–Kier alpha value is -2.07. The maximum absolute atomic E-state index is 10.8. The number of para-hydroxylation sites is 1. The Morgan fingerprint density at radius 3 is 2.86 bits per heavy atom. The zero-order chi connectivity index (χ0) is 19.3. The topological polar surface area (TPSA) is 83.6 Å². The molecule has 2 fully saturated rings. The first-order chi connectivity index (χ1) is 13.7. The van der Waals surface area contributed by atoms with Crippen molar-refractivity contribution in [2.24, 2.45) is 10.2 Å². The van der Waals surface area contributed by atoms with Gasteiger partial charge in [0, 0.05) is 31.6 Å². The van der Waals surface area contributed by atoms with E-state index >= 15 is 0 Å². The van der Waals surface area contributed by atoms with Crippen LogP contribution in [0.15, 0.2) is 34.5 Å². The Kier molecular flexibility index (Phi) is 6.16. The summed E-state index contributed by atoms with van der Waals surface area (Å²) in [6.45, 7) is 5.08. The number of hydrogen-bond acceptors (Lipinski definition) is 6. The van der Waals surface area contributed by atoms with E-state index in [4.69, 9.17) is 21.7 Å². The molecule has 9 heteroatoms. The minimum atomic E-state index is 0.0957. The zero-order valence-corrected chi connectivity index (χ0v) is 16.5. The van der Waals surface area contributed by atoms with Crippen molar-refractivity contribution in [3.63, 3.8) is 0 Å². The van der Waals surface area contributed by atoms with Crippen LogP contribution < -0.4 is 5.32 Å². The van der Waals surface area contributed by atoms with E-state index in [0.29, 0.717) is 37.2 Å². The van der Waals surface area contributed by atoms with E-state index < -0.39 is 0 Å². The van der Waals surface area contributed by atoms with Gasteiger partial charge in [0.2, 0.25) is 11.0 Å². The Labute approximate surface area is 169 Å². The minimum Gasteiger partial charge on any atom is -0.493 e. The maximum atomic E-state index is 10.8. The quantitative estimate of drug-likeness (QED) is 0.590. The standard InChI is InChI=1S/C19H25N5O3S/c25-18-17(21-22-19(28)20-12-14-4-3-9-27-14)15-5-1-2-6-16(15)24(18)13-23-7-10-26-11-8-23/h1-2,5-6,14,25H,3-4,7-13H2,(H,20,28)/t14-/m1/s1. The maximum Gasteiger partial charge on any atom is 0.221 e. The lowest BCUT2D eigenvalue weighted by atomic mass is 10.2. The average molecular weight is 404 g/mol. The van der Waals surface area contributed by atoms with Crippen molar-refractivity contribution in [2.75, 3.05) is 39.5 Å². The third kappa shape index (κ3) is 4.33. The highest BCUT2D eigenvalue weighted by molar-refractivity contribution is 7.80. The lowest BCUT2D eigenvalue weighted by Gasteiger charge is -2.27. The van der Waals surface area contributed by atoms with Crippen LogP contribution in [0.5, 0.6) is 5.88 Å². The van der Waals surface area contributed by atoms with Crippen LogP contribution in [0.4, 0.5) is 5.69 Å². The highest BCUT2D eigenvalue weighted by Crippen LogP contribution is 2.39. The number of rotatable bonds is 5. The molecule has 2 saturated heterocycles. The summed E-state index contributed by atoms with van der Waals surface area (Å²) >= 11 is 5.25. The van der Waals surface area contributed by atoms with Crippen LogP contribution in [0.1, 0.15) is 12.8 Å². The van der Waals surface area contributed by atoms with E-state index in [2.05, 4.69) is 20.4 Å². The van der Waals surface area contributed by atoms with Crippen molar-refractivity contribution in [1.29, 1.82) is 0 Å². The normalized spacial score (nSPS) is 20.9. The number of benzene rings is 1. The molecule has 1 aromatic carbocycles. The molecule has 0 saturated carbocycles. The largest absolute Gasteiger partial charge is 0.493 e. The number of fused-ring (bicyclic) bond motifs is 1. The van der Waals surface area contributed by atoms with Crippen molar-refractivity contribution in [3.8, 4) is 5.88 Å². The molecule has 0 spiro atoms. The minimum absolute atomic E-state index is 0.0957. The molecular formula is C19H25N5O3S. The molecule has 0 amide bonds. The second-order valence-corrected chi connectivity index (χ2v) is 7.40. The number of azo groups is 1. The highest BCUT2D eigenvalue weighted by Gasteiger charge is 2.20. The molecule has 150 valence electrons. The van der Waals surface area contributed by atoms with Gasteiger partial charge in [-0.2, -0.15) is 0 Å². The van der Waals surface area contributed by atoms with Gasteiger partial charge in [-0.25, -0.2) is 0 Å². The van der Waals surface area contributed by atoms with Gasteiger partial charge in [0.15, 0.2) is 5.69 Å².